The first-order valence-electron chi connectivity index (χ1n) is 6.17. The van der Waals surface area contributed by atoms with Gasteiger partial charge in [0.15, 0.2) is 0 Å². The molecule has 118 valence electrons. The van der Waals surface area contributed by atoms with Crippen molar-refractivity contribution in [3.63, 3.8) is 0 Å². The maximum Gasteiger partial charge on any atom is 0.242 e. The summed E-state index contributed by atoms with van der Waals surface area (Å²) < 4.78 is 31.2. The van der Waals surface area contributed by atoms with Crippen LogP contribution in [0.25, 0.3) is 0 Å². The summed E-state index contributed by atoms with van der Waals surface area (Å²) >= 11 is 5.84. The van der Waals surface area contributed by atoms with Crippen molar-refractivity contribution in [1.29, 1.82) is 0 Å². The van der Waals surface area contributed by atoms with Crippen molar-refractivity contribution in [2.75, 3.05) is 32.5 Å². The minimum Gasteiger partial charge on any atom is -0.399 e. The van der Waals surface area contributed by atoms with Gasteiger partial charge in [0.05, 0.1) is 11.6 Å². The van der Waals surface area contributed by atoms with E-state index in [1.54, 1.807) is 0 Å². The van der Waals surface area contributed by atoms with Gasteiger partial charge in [0, 0.05) is 32.3 Å². The van der Waals surface area contributed by atoms with Gasteiger partial charge in [-0.1, -0.05) is 11.6 Å². The number of nitrogens with one attached hydrogen (secondary N) is 2. The molecule has 0 saturated carbocycles. The van der Waals surface area contributed by atoms with Gasteiger partial charge in [0.25, 0.3) is 0 Å². The Bertz CT molecular complexity index is 592. The maximum absolute atomic E-state index is 12.0. The average molecular weight is 336 g/mol. The molecule has 0 heterocycles. The second-order valence-electron chi connectivity index (χ2n) is 4.18. The fraction of sp³-hybridized carbons (Fsp3) is 0.417. The van der Waals surface area contributed by atoms with Gasteiger partial charge in [0.1, 0.15) is 4.90 Å². The SMILES string of the molecule is COCCNC(=O)CCNS(=O)(=O)c1cc(N)ccc1Cl. The van der Waals surface area contributed by atoms with E-state index in [4.69, 9.17) is 22.1 Å². The molecule has 0 saturated heterocycles. The number of carbonyl (C=O) groups excluding carboxylic acids is 1. The van der Waals surface area contributed by atoms with E-state index in [1.165, 1.54) is 25.3 Å². The van der Waals surface area contributed by atoms with Crippen molar-refractivity contribution in [2.24, 2.45) is 0 Å². The molecule has 0 aliphatic heterocycles. The normalized spacial score (nSPS) is 11.3. The lowest BCUT2D eigenvalue weighted by Gasteiger charge is -2.09. The summed E-state index contributed by atoms with van der Waals surface area (Å²) in [5, 5.41) is 2.66. The number of amides is 1. The number of rotatable bonds is 8. The van der Waals surface area contributed by atoms with Crippen molar-refractivity contribution in [1.82, 2.24) is 10.0 Å². The standard InChI is InChI=1S/C12H18ClN3O4S/c1-20-7-6-15-12(17)4-5-16-21(18,19)11-8-9(14)2-3-10(11)13/h2-3,8,16H,4-7,14H2,1H3,(H,15,17). The van der Waals surface area contributed by atoms with Crippen LogP contribution in [0.1, 0.15) is 6.42 Å². The number of hydrogen-bond donors (Lipinski definition) is 3. The molecule has 0 spiro atoms. The van der Waals surface area contributed by atoms with Gasteiger partial charge in [-0.2, -0.15) is 0 Å². The maximum atomic E-state index is 12.0. The molecule has 0 radical (unpaired) electrons. The van der Waals surface area contributed by atoms with Crippen LogP contribution in [0.3, 0.4) is 0 Å². The van der Waals surface area contributed by atoms with E-state index in [2.05, 4.69) is 10.0 Å². The Hall–Kier alpha value is -1.35. The summed E-state index contributed by atoms with van der Waals surface area (Å²) in [6, 6.07) is 4.18. The summed E-state index contributed by atoms with van der Waals surface area (Å²) in [6.07, 6.45) is 0.0167. The van der Waals surface area contributed by atoms with Crippen LogP contribution in [0.15, 0.2) is 23.1 Å². The minimum atomic E-state index is -3.80. The molecule has 9 heteroatoms. The molecule has 1 aromatic carbocycles. The highest BCUT2D eigenvalue weighted by atomic mass is 35.5. The number of sulfonamides is 1. The van der Waals surface area contributed by atoms with Gasteiger partial charge in [-0.15, -0.1) is 0 Å². The summed E-state index contributed by atoms with van der Waals surface area (Å²) in [7, 11) is -2.28. The van der Waals surface area contributed by atoms with Gasteiger partial charge in [0.2, 0.25) is 15.9 Å². The number of ether oxygens (including phenoxy) is 1. The topological polar surface area (TPSA) is 111 Å². The molecule has 7 nitrogen and oxygen atoms in total. The largest absolute Gasteiger partial charge is 0.399 e. The van der Waals surface area contributed by atoms with E-state index in [-0.39, 0.29) is 34.5 Å². The van der Waals surface area contributed by atoms with Crippen LogP contribution in [-0.4, -0.2) is 41.1 Å². The molecule has 1 aromatic rings. The van der Waals surface area contributed by atoms with Crippen LogP contribution in [0.4, 0.5) is 5.69 Å². The molecule has 1 amide bonds. The molecule has 0 atom stereocenters. The third-order valence-electron chi connectivity index (χ3n) is 2.52. The molecule has 0 unspecified atom stereocenters. The van der Waals surface area contributed by atoms with Crippen molar-refractivity contribution < 1.29 is 17.9 Å². The van der Waals surface area contributed by atoms with E-state index >= 15 is 0 Å². The van der Waals surface area contributed by atoms with E-state index in [0.717, 1.165) is 0 Å². The molecule has 0 bridgehead atoms. The lowest BCUT2D eigenvalue weighted by Crippen LogP contribution is -2.32. The Morgan fingerprint density at radius 1 is 1.38 bits per heavy atom. The Morgan fingerprint density at radius 2 is 2.10 bits per heavy atom. The summed E-state index contributed by atoms with van der Waals surface area (Å²) in [5.74, 6) is -0.270. The molecule has 21 heavy (non-hydrogen) atoms. The van der Waals surface area contributed by atoms with Crippen LogP contribution in [0.2, 0.25) is 5.02 Å². The average Bonchev–Trinajstić information content (AvgIpc) is 2.41. The second-order valence-corrected chi connectivity index (χ2v) is 6.32. The number of hydrogen-bond acceptors (Lipinski definition) is 5. The zero-order valence-electron chi connectivity index (χ0n) is 11.6. The lowest BCUT2D eigenvalue weighted by atomic mass is 10.3. The smallest absolute Gasteiger partial charge is 0.242 e. The molecular weight excluding hydrogens is 318 g/mol. The van der Waals surface area contributed by atoms with Gasteiger partial charge < -0.3 is 15.8 Å². The molecule has 0 fully saturated rings. The highest BCUT2D eigenvalue weighted by molar-refractivity contribution is 7.89. The third-order valence-corrected chi connectivity index (χ3v) is 4.46. The van der Waals surface area contributed by atoms with Crippen molar-refractivity contribution in [2.45, 2.75) is 11.3 Å². The summed E-state index contributed by atoms with van der Waals surface area (Å²) in [5.41, 5.74) is 5.83. The number of anilines is 1. The highest BCUT2D eigenvalue weighted by Crippen LogP contribution is 2.23. The van der Waals surface area contributed by atoms with Crippen LogP contribution < -0.4 is 15.8 Å². The van der Waals surface area contributed by atoms with Crippen LogP contribution in [-0.2, 0) is 19.6 Å². The van der Waals surface area contributed by atoms with E-state index in [1.807, 2.05) is 0 Å². The third kappa shape index (κ3) is 5.88. The number of methoxy groups -OCH3 is 1. The zero-order chi connectivity index (χ0) is 15.9. The van der Waals surface area contributed by atoms with E-state index in [0.29, 0.717) is 13.2 Å². The number of halogens is 1. The Kier molecular flexibility index (Phi) is 6.90. The predicted molar refractivity (Wildman–Crippen MR) is 80.6 cm³/mol. The first-order chi connectivity index (χ1) is 9.86. The second kappa shape index (κ2) is 8.18. The Morgan fingerprint density at radius 3 is 2.76 bits per heavy atom. The first kappa shape index (κ1) is 17.7. The van der Waals surface area contributed by atoms with Crippen molar-refractivity contribution in [3.05, 3.63) is 23.2 Å². The number of nitrogen functional groups attached to an aromatic ring is 1. The zero-order valence-corrected chi connectivity index (χ0v) is 13.1. The summed E-state index contributed by atoms with van der Waals surface area (Å²) in [4.78, 5) is 11.3. The minimum absolute atomic E-state index is 0.0167. The fourth-order valence-corrected chi connectivity index (χ4v) is 3.05. The Labute approximate surface area is 128 Å². The van der Waals surface area contributed by atoms with Crippen molar-refractivity contribution >= 4 is 33.2 Å². The van der Waals surface area contributed by atoms with Crippen molar-refractivity contribution in [3.8, 4) is 0 Å². The van der Waals surface area contributed by atoms with E-state index in [9.17, 15) is 13.2 Å². The molecular formula is C12H18ClN3O4S. The van der Waals surface area contributed by atoms with Gasteiger partial charge in [-0.25, -0.2) is 13.1 Å². The number of benzene rings is 1. The van der Waals surface area contributed by atoms with Crippen LogP contribution in [0, 0.1) is 0 Å². The quantitative estimate of drug-likeness (QED) is 0.469. The molecule has 1 rings (SSSR count). The first-order valence-corrected chi connectivity index (χ1v) is 8.03. The lowest BCUT2D eigenvalue weighted by molar-refractivity contribution is -0.121. The molecule has 4 N–H and O–H groups in total. The van der Waals surface area contributed by atoms with Crippen LogP contribution >= 0.6 is 11.6 Å². The van der Waals surface area contributed by atoms with Crippen LogP contribution in [0.5, 0.6) is 0 Å². The fourth-order valence-electron chi connectivity index (χ4n) is 1.48. The molecule has 0 aliphatic rings. The number of carbonyl (C=O) groups is 1. The number of nitrogens with two attached hydrogens (primary N) is 1. The molecule has 0 aromatic heterocycles. The predicted octanol–water partition coefficient (Wildman–Crippen LogP) is 0.353. The van der Waals surface area contributed by atoms with Gasteiger partial charge >= 0.3 is 0 Å². The van der Waals surface area contributed by atoms with Gasteiger partial charge in [-0.3, -0.25) is 4.79 Å². The Balaban J connectivity index is 2.54. The molecule has 0 aliphatic carbocycles. The summed E-state index contributed by atoms with van der Waals surface area (Å²) in [6.45, 7) is 0.742. The monoisotopic (exact) mass is 335 g/mol. The highest BCUT2D eigenvalue weighted by Gasteiger charge is 2.18. The van der Waals surface area contributed by atoms with Gasteiger partial charge in [-0.05, 0) is 18.2 Å². The van der Waals surface area contributed by atoms with E-state index < -0.39 is 10.0 Å².